The van der Waals surface area contributed by atoms with E-state index in [1.807, 2.05) is 0 Å². The summed E-state index contributed by atoms with van der Waals surface area (Å²) in [6.07, 6.45) is 2.39. The van der Waals surface area contributed by atoms with Gasteiger partial charge in [0.05, 0.1) is 0 Å². The van der Waals surface area contributed by atoms with Crippen LogP contribution in [0.4, 0.5) is 0 Å². The topological polar surface area (TPSA) is 41.6 Å². The zero-order valence-corrected chi connectivity index (χ0v) is 12.1. The molecular formula is C14H28N2O2. The molecule has 0 saturated carbocycles. The van der Waals surface area contributed by atoms with E-state index in [0.29, 0.717) is 18.4 Å². The van der Waals surface area contributed by atoms with Crippen LogP contribution in [-0.4, -0.2) is 50.2 Å². The maximum Gasteiger partial charge on any atom is 0.246 e. The molecule has 1 aliphatic rings. The molecule has 0 unspecified atom stereocenters. The Hall–Kier alpha value is -0.610. The Morgan fingerprint density at radius 1 is 1.39 bits per heavy atom. The van der Waals surface area contributed by atoms with Gasteiger partial charge in [-0.2, -0.15) is 0 Å². The summed E-state index contributed by atoms with van der Waals surface area (Å²) in [7, 11) is 0. The fourth-order valence-electron chi connectivity index (χ4n) is 2.20. The minimum Gasteiger partial charge on any atom is -0.371 e. The van der Waals surface area contributed by atoms with Crippen molar-refractivity contribution in [3.63, 3.8) is 0 Å². The Kier molecular flexibility index (Phi) is 7.28. The van der Waals surface area contributed by atoms with Gasteiger partial charge < -0.3 is 15.0 Å². The van der Waals surface area contributed by atoms with Crippen molar-refractivity contribution in [3.05, 3.63) is 0 Å². The van der Waals surface area contributed by atoms with Gasteiger partial charge in [-0.05, 0) is 44.3 Å². The standard InChI is InChI=1S/C14H28N2O2/c1-4-16-7-5-13(6-8-16)9-15-14(17)11-18-10-12(2)3/h12-13H,4-11H2,1-3H3,(H,15,17). The molecular weight excluding hydrogens is 228 g/mol. The summed E-state index contributed by atoms with van der Waals surface area (Å²) >= 11 is 0. The number of carbonyl (C=O) groups is 1. The smallest absolute Gasteiger partial charge is 0.246 e. The number of likely N-dealkylation sites (tertiary alicyclic amines) is 1. The fraction of sp³-hybridized carbons (Fsp3) is 0.929. The monoisotopic (exact) mass is 256 g/mol. The van der Waals surface area contributed by atoms with Crippen molar-refractivity contribution < 1.29 is 9.53 Å². The van der Waals surface area contributed by atoms with Gasteiger partial charge in [-0.25, -0.2) is 0 Å². The highest BCUT2D eigenvalue weighted by Crippen LogP contribution is 2.15. The van der Waals surface area contributed by atoms with Crippen LogP contribution in [0.1, 0.15) is 33.6 Å². The molecule has 0 aromatic heterocycles. The van der Waals surface area contributed by atoms with Crippen LogP contribution in [0.5, 0.6) is 0 Å². The van der Waals surface area contributed by atoms with Crippen molar-refractivity contribution in [2.24, 2.45) is 11.8 Å². The van der Waals surface area contributed by atoms with Crippen LogP contribution >= 0.6 is 0 Å². The summed E-state index contributed by atoms with van der Waals surface area (Å²) in [4.78, 5) is 14.0. The third kappa shape index (κ3) is 6.36. The van der Waals surface area contributed by atoms with E-state index in [9.17, 15) is 4.79 Å². The second-order valence-corrected chi connectivity index (χ2v) is 5.59. The van der Waals surface area contributed by atoms with Crippen molar-refractivity contribution in [2.45, 2.75) is 33.6 Å². The van der Waals surface area contributed by atoms with Crippen LogP contribution in [0.15, 0.2) is 0 Å². The Labute approximate surface area is 111 Å². The number of carbonyl (C=O) groups excluding carboxylic acids is 1. The van der Waals surface area contributed by atoms with Gasteiger partial charge in [-0.1, -0.05) is 20.8 Å². The number of nitrogens with zero attached hydrogens (tertiary/aromatic N) is 1. The zero-order valence-electron chi connectivity index (χ0n) is 12.1. The number of nitrogens with one attached hydrogen (secondary N) is 1. The highest BCUT2D eigenvalue weighted by Gasteiger charge is 2.18. The molecule has 0 atom stereocenters. The summed E-state index contributed by atoms with van der Waals surface area (Å²) in [6.45, 7) is 11.5. The summed E-state index contributed by atoms with van der Waals surface area (Å²) in [5, 5.41) is 2.98. The van der Waals surface area contributed by atoms with Gasteiger partial charge in [0.15, 0.2) is 0 Å². The predicted molar refractivity (Wildman–Crippen MR) is 73.5 cm³/mol. The Morgan fingerprint density at radius 2 is 2.06 bits per heavy atom. The summed E-state index contributed by atoms with van der Waals surface area (Å²) in [5.41, 5.74) is 0. The molecule has 0 radical (unpaired) electrons. The molecule has 1 rings (SSSR count). The molecule has 0 aliphatic carbocycles. The van der Waals surface area contributed by atoms with Gasteiger partial charge in [0.25, 0.3) is 0 Å². The summed E-state index contributed by atoms with van der Waals surface area (Å²) in [6, 6.07) is 0. The van der Waals surface area contributed by atoms with Crippen LogP contribution < -0.4 is 5.32 Å². The molecule has 1 aliphatic heterocycles. The van der Waals surface area contributed by atoms with E-state index in [-0.39, 0.29) is 12.5 Å². The molecule has 106 valence electrons. The molecule has 1 fully saturated rings. The van der Waals surface area contributed by atoms with Crippen LogP contribution in [0.3, 0.4) is 0 Å². The van der Waals surface area contributed by atoms with Gasteiger partial charge in [0.1, 0.15) is 6.61 Å². The van der Waals surface area contributed by atoms with Gasteiger partial charge in [0.2, 0.25) is 5.91 Å². The van der Waals surface area contributed by atoms with E-state index < -0.39 is 0 Å². The van der Waals surface area contributed by atoms with Crippen LogP contribution in [-0.2, 0) is 9.53 Å². The van der Waals surface area contributed by atoms with E-state index in [0.717, 1.165) is 13.1 Å². The maximum atomic E-state index is 11.5. The third-order valence-corrected chi connectivity index (χ3v) is 3.43. The molecule has 1 saturated heterocycles. The third-order valence-electron chi connectivity index (χ3n) is 3.43. The fourth-order valence-corrected chi connectivity index (χ4v) is 2.20. The molecule has 0 spiro atoms. The first-order chi connectivity index (χ1) is 8.61. The Morgan fingerprint density at radius 3 is 2.61 bits per heavy atom. The van der Waals surface area contributed by atoms with Gasteiger partial charge in [0, 0.05) is 13.2 Å². The van der Waals surface area contributed by atoms with Crippen LogP contribution in [0.25, 0.3) is 0 Å². The van der Waals surface area contributed by atoms with Crippen molar-refractivity contribution in [2.75, 3.05) is 39.4 Å². The second kappa shape index (κ2) is 8.48. The first-order valence-corrected chi connectivity index (χ1v) is 7.18. The first-order valence-electron chi connectivity index (χ1n) is 7.18. The minimum atomic E-state index is 0.0218. The minimum absolute atomic E-state index is 0.0218. The lowest BCUT2D eigenvalue weighted by Crippen LogP contribution is -2.39. The van der Waals surface area contributed by atoms with Crippen molar-refractivity contribution >= 4 is 5.91 Å². The van der Waals surface area contributed by atoms with Gasteiger partial charge in [-0.3, -0.25) is 4.79 Å². The van der Waals surface area contributed by atoms with Gasteiger partial charge in [-0.15, -0.1) is 0 Å². The molecule has 0 aromatic carbocycles. The predicted octanol–water partition coefficient (Wildman–Crippen LogP) is 1.51. The number of amides is 1. The van der Waals surface area contributed by atoms with Crippen LogP contribution in [0, 0.1) is 11.8 Å². The highest BCUT2D eigenvalue weighted by atomic mass is 16.5. The summed E-state index contributed by atoms with van der Waals surface area (Å²) in [5.74, 6) is 1.14. The maximum absolute atomic E-state index is 11.5. The number of hydrogen-bond donors (Lipinski definition) is 1. The molecule has 4 nitrogen and oxygen atoms in total. The first kappa shape index (κ1) is 15.4. The van der Waals surface area contributed by atoms with E-state index in [4.69, 9.17) is 4.74 Å². The summed E-state index contributed by atoms with van der Waals surface area (Å²) < 4.78 is 5.31. The van der Waals surface area contributed by atoms with Crippen molar-refractivity contribution in [1.82, 2.24) is 10.2 Å². The highest BCUT2D eigenvalue weighted by molar-refractivity contribution is 5.77. The van der Waals surface area contributed by atoms with Crippen LogP contribution in [0.2, 0.25) is 0 Å². The quantitative estimate of drug-likeness (QED) is 0.750. The molecule has 0 bridgehead atoms. The van der Waals surface area contributed by atoms with Gasteiger partial charge >= 0.3 is 0 Å². The molecule has 4 heteroatoms. The molecule has 0 aromatic rings. The lowest BCUT2D eigenvalue weighted by Gasteiger charge is -2.31. The molecule has 1 amide bonds. The number of rotatable bonds is 7. The number of hydrogen-bond acceptors (Lipinski definition) is 3. The normalized spacial score (nSPS) is 18.2. The Balaban J connectivity index is 2.04. The zero-order chi connectivity index (χ0) is 13.4. The second-order valence-electron chi connectivity index (χ2n) is 5.59. The Bertz CT molecular complexity index is 236. The van der Waals surface area contributed by atoms with Crippen molar-refractivity contribution in [1.29, 1.82) is 0 Å². The molecule has 18 heavy (non-hydrogen) atoms. The van der Waals surface area contributed by atoms with E-state index in [2.05, 4.69) is 31.0 Å². The number of piperidine rings is 1. The van der Waals surface area contributed by atoms with E-state index in [1.54, 1.807) is 0 Å². The largest absolute Gasteiger partial charge is 0.371 e. The average Bonchev–Trinajstić information content (AvgIpc) is 2.36. The molecule has 1 N–H and O–H groups in total. The average molecular weight is 256 g/mol. The lowest BCUT2D eigenvalue weighted by molar-refractivity contribution is -0.126. The van der Waals surface area contributed by atoms with E-state index in [1.165, 1.54) is 25.9 Å². The lowest BCUT2D eigenvalue weighted by atomic mass is 9.97. The SMILES string of the molecule is CCN1CCC(CNC(=O)COCC(C)C)CC1. The van der Waals surface area contributed by atoms with E-state index >= 15 is 0 Å². The van der Waals surface area contributed by atoms with Crippen molar-refractivity contribution in [3.8, 4) is 0 Å². The molecule has 1 heterocycles. The number of ether oxygens (including phenoxy) is 1.